The summed E-state index contributed by atoms with van der Waals surface area (Å²) in [5.41, 5.74) is 0.211. The van der Waals surface area contributed by atoms with Gasteiger partial charge >= 0.3 is 0 Å². The Morgan fingerprint density at radius 1 is 1.29 bits per heavy atom. The van der Waals surface area contributed by atoms with E-state index in [0.29, 0.717) is 6.54 Å². The predicted octanol–water partition coefficient (Wildman–Crippen LogP) is 0.935. The molecule has 0 aromatic rings. The minimum atomic E-state index is -0.225. The largest absolute Gasteiger partial charge is 0.392 e. The lowest BCUT2D eigenvalue weighted by Gasteiger charge is -2.22. The summed E-state index contributed by atoms with van der Waals surface area (Å²) < 4.78 is 0. The van der Waals surface area contributed by atoms with Gasteiger partial charge in [-0.1, -0.05) is 20.8 Å². The van der Waals surface area contributed by atoms with Gasteiger partial charge in [0.25, 0.3) is 0 Å². The SMILES string of the molecule is CN(C)CCNCC(O)CC(C)(C)C. The van der Waals surface area contributed by atoms with Crippen LogP contribution >= 0.6 is 0 Å². The van der Waals surface area contributed by atoms with Gasteiger partial charge in [0.2, 0.25) is 0 Å². The third-order valence-electron chi connectivity index (χ3n) is 1.96. The zero-order chi connectivity index (χ0) is 11.2. The Labute approximate surface area is 88.5 Å². The molecular weight excluding hydrogens is 176 g/mol. The highest BCUT2D eigenvalue weighted by Crippen LogP contribution is 2.20. The van der Waals surface area contributed by atoms with Gasteiger partial charge in [-0.05, 0) is 25.9 Å². The molecule has 0 aliphatic rings. The van der Waals surface area contributed by atoms with Gasteiger partial charge < -0.3 is 15.3 Å². The first-order valence-electron chi connectivity index (χ1n) is 5.35. The maximum absolute atomic E-state index is 9.67. The molecule has 0 aromatic carbocycles. The van der Waals surface area contributed by atoms with E-state index in [0.717, 1.165) is 19.5 Å². The molecule has 0 rings (SSSR count). The molecule has 0 aliphatic heterocycles. The van der Waals surface area contributed by atoms with Gasteiger partial charge in [0.1, 0.15) is 0 Å². The second kappa shape index (κ2) is 6.38. The first-order chi connectivity index (χ1) is 6.31. The number of aliphatic hydroxyl groups excluding tert-OH is 1. The standard InChI is InChI=1S/C11H26N2O/c1-11(2,3)8-10(14)9-12-6-7-13(4)5/h10,12,14H,6-9H2,1-5H3. The van der Waals surface area contributed by atoms with E-state index < -0.39 is 0 Å². The van der Waals surface area contributed by atoms with E-state index in [4.69, 9.17) is 0 Å². The predicted molar refractivity (Wildman–Crippen MR) is 61.5 cm³/mol. The molecule has 1 atom stereocenters. The summed E-state index contributed by atoms with van der Waals surface area (Å²) in [4.78, 5) is 2.13. The average Bonchev–Trinajstić information content (AvgIpc) is 1.94. The second-order valence-electron chi connectivity index (χ2n) is 5.43. The molecule has 0 amide bonds. The Kier molecular flexibility index (Phi) is 6.33. The number of nitrogens with one attached hydrogen (secondary N) is 1. The van der Waals surface area contributed by atoms with Gasteiger partial charge in [-0.25, -0.2) is 0 Å². The van der Waals surface area contributed by atoms with Crippen molar-refractivity contribution in [2.75, 3.05) is 33.7 Å². The van der Waals surface area contributed by atoms with Crippen LogP contribution in [-0.2, 0) is 0 Å². The molecule has 14 heavy (non-hydrogen) atoms. The minimum absolute atomic E-state index is 0.211. The fourth-order valence-corrected chi connectivity index (χ4v) is 1.35. The van der Waals surface area contributed by atoms with Crippen molar-refractivity contribution >= 4 is 0 Å². The van der Waals surface area contributed by atoms with Crippen molar-refractivity contribution in [3.63, 3.8) is 0 Å². The lowest BCUT2D eigenvalue weighted by molar-refractivity contribution is 0.119. The topological polar surface area (TPSA) is 35.5 Å². The van der Waals surface area contributed by atoms with Crippen molar-refractivity contribution in [2.45, 2.75) is 33.3 Å². The minimum Gasteiger partial charge on any atom is -0.392 e. The molecule has 0 aliphatic carbocycles. The summed E-state index contributed by atoms with van der Waals surface area (Å²) in [7, 11) is 4.10. The van der Waals surface area contributed by atoms with Gasteiger partial charge in [-0.2, -0.15) is 0 Å². The molecule has 0 saturated heterocycles. The van der Waals surface area contributed by atoms with Crippen LogP contribution in [0.4, 0.5) is 0 Å². The smallest absolute Gasteiger partial charge is 0.0669 e. The third-order valence-corrected chi connectivity index (χ3v) is 1.96. The van der Waals surface area contributed by atoms with Crippen LogP contribution in [0, 0.1) is 5.41 Å². The molecule has 0 radical (unpaired) electrons. The van der Waals surface area contributed by atoms with E-state index in [1.54, 1.807) is 0 Å². The first-order valence-corrected chi connectivity index (χ1v) is 5.35. The lowest BCUT2D eigenvalue weighted by Crippen LogP contribution is -2.34. The van der Waals surface area contributed by atoms with E-state index in [-0.39, 0.29) is 11.5 Å². The first kappa shape index (κ1) is 13.9. The molecule has 0 saturated carbocycles. The molecule has 86 valence electrons. The van der Waals surface area contributed by atoms with Gasteiger partial charge in [-0.15, -0.1) is 0 Å². The molecule has 3 nitrogen and oxygen atoms in total. The van der Waals surface area contributed by atoms with Crippen LogP contribution in [0.3, 0.4) is 0 Å². The van der Waals surface area contributed by atoms with Crippen LogP contribution in [0.1, 0.15) is 27.2 Å². The number of aliphatic hydroxyl groups is 1. The zero-order valence-corrected chi connectivity index (χ0v) is 10.3. The fourth-order valence-electron chi connectivity index (χ4n) is 1.35. The van der Waals surface area contributed by atoms with Crippen LogP contribution in [0.25, 0.3) is 0 Å². The summed E-state index contributed by atoms with van der Waals surface area (Å²) in [5.74, 6) is 0. The van der Waals surface area contributed by atoms with Crippen molar-refractivity contribution in [1.82, 2.24) is 10.2 Å². The number of likely N-dealkylation sites (N-methyl/N-ethyl adjacent to an activating group) is 1. The van der Waals surface area contributed by atoms with Crippen LogP contribution < -0.4 is 5.32 Å². The normalized spacial score (nSPS) is 14.8. The number of hydrogen-bond donors (Lipinski definition) is 2. The van der Waals surface area contributed by atoms with Crippen LogP contribution in [0.15, 0.2) is 0 Å². The second-order valence-corrected chi connectivity index (χ2v) is 5.43. The summed E-state index contributed by atoms with van der Waals surface area (Å²) in [6.07, 6.45) is 0.624. The summed E-state index contributed by atoms with van der Waals surface area (Å²) >= 11 is 0. The monoisotopic (exact) mass is 202 g/mol. The highest BCUT2D eigenvalue weighted by molar-refractivity contribution is 4.69. The molecule has 0 bridgehead atoms. The van der Waals surface area contributed by atoms with Gasteiger partial charge in [0.05, 0.1) is 6.10 Å². The molecule has 0 heterocycles. The molecule has 1 unspecified atom stereocenters. The highest BCUT2D eigenvalue weighted by Gasteiger charge is 2.15. The third kappa shape index (κ3) is 9.96. The van der Waals surface area contributed by atoms with Gasteiger partial charge in [-0.3, -0.25) is 0 Å². The lowest BCUT2D eigenvalue weighted by atomic mass is 9.89. The Hall–Kier alpha value is -0.120. The zero-order valence-electron chi connectivity index (χ0n) is 10.3. The van der Waals surface area contributed by atoms with Crippen LogP contribution in [-0.4, -0.2) is 49.8 Å². The quantitative estimate of drug-likeness (QED) is 0.629. The molecule has 0 spiro atoms. The molecule has 0 fully saturated rings. The van der Waals surface area contributed by atoms with E-state index in [2.05, 4.69) is 31.0 Å². The van der Waals surface area contributed by atoms with E-state index in [9.17, 15) is 5.11 Å². The van der Waals surface area contributed by atoms with Crippen LogP contribution in [0.5, 0.6) is 0 Å². The Balaban J connectivity index is 3.40. The Bertz CT molecular complexity index is 141. The van der Waals surface area contributed by atoms with E-state index in [1.807, 2.05) is 14.1 Å². The molecule has 2 N–H and O–H groups in total. The van der Waals surface area contributed by atoms with E-state index >= 15 is 0 Å². The van der Waals surface area contributed by atoms with Crippen molar-refractivity contribution in [1.29, 1.82) is 0 Å². The van der Waals surface area contributed by atoms with Gasteiger partial charge in [0.15, 0.2) is 0 Å². The van der Waals surface area contributed by atoms with Crippen molar-refractivity contribution < 1.29 is 5.11 Å². The molecular formula is C11H26N2O. The Morgan fingerprint density at radius 3 is 2.29 bits per heavy atom. The highest BCUT2D eigenvalue weighted by atomic mass is 16.3. The summed E-state index contributed by atoms with van der Waals surface area (Å²) in [6.45, 7) is 9.10. The summed E-state index contributed by atoms with van der Waals surface area (Å²) in [6, 6.07) is 0. The average molecular weight is 202 g/mol. The molecule has 3 heteroatoms. The van der Waals surface area contributed by atoms with Crippen molar-refractivity contribution in [3.8, 4) is 0 Å². The number of hydrogen-bond acceptors (Lipinski definition) is 3. The fraction of sp³-hybridized carbons (Fsp3) is 1.00. The van der Waals surface area contributed by atoms with E-state index in [1.165, 1.54) is 0 Å². The maximum atomic E-state index is 9.67. The van der Waals surface area contributed by atoms with Gasteiger partial charge in [0, 0.05) is 19.6 Å². The summed E-state index contributed by atoms with van der Waals surface area (Å²) in [5, 5.41) is 12.9. The Morgan fingerprint density at radius 2 is 1.86 bits per heavy atom. The number of nitrogens with zero attached hydrogens (tertiary/aromatic N) is 1. The van der Waals surface area contributed by atoms with Crippen molar-refractivity contribution in [3.05, 3.63) is 0 Å². The molecule has 0 aromatic heterocycles. The maximum Gasteiger partial charge on any atom is 0.0669 e. The number of rotatable bonds is 6. The van der Waals surface area contributed by atoms with Crippen LogP contribution in [0.2, 0.25) is 0 Å². The van der Waals surface area contributed by atoms with Crippen molar-refractivity contribution in [2.24, 2.45) is 5.41 Å².